The monoisotopic (exact) mass is 166 g/mol. The van der Waals surface area contributed by atoms with Crippen molar-refractivity contribution in [3.05, 3.63) is 24.3 Å². The minimum atomic E-state index is 0.00602. The van der Waals surface area contributed by atoms with E-state index in [0.717, 1.165) is 0 Å². The van der Waals surface area contributed by atoms with Gasteiger partial charge >= 0.3 is 0 Å². The second-order valence-electron chi connectivity index (χ2n) is 2.70. The summed E-state index contributed by atoms with van der Waals surface area (Å²) >= 11 is 0. The molecule has 0 bridgehead atoms. The van der Waals surface area contributed by atoms with Gasteiger partial charge in [-0.2, -0.15) is 0 Å². The lowest BCUT2D eigenvalue weighted by Gasteiger charge is -2.16. The van der Waals surface area contributed by atoms with Crippen LogP contribution in [0.1, 0.15) is 13.8 Å². The molecule has 0 rings (SSSR count). The van der Waals surface area contributed by atoms with Gasteiger partial charge in [0.2, 0.25) is 0 Å². The van der Waals surface area contributed by atoms with Crippen molar-refractivity contribution in [1.29, 1.82) is 0 Å². The first-order chi connectivity index (χ1) is 5.76. The smallest absolute Gasteiger partial charge is 0.149 e. The number of rotatable bonds is 5. The van der Waals surface area contributed by atoms with Gasteiger partial charge in [0.05, 0.1) is 6.00 Å². The van der Waals surface area contributed by atoms with Crippen LogP contribution in [0.25, 0.3) is 0 Å². The normalized spacial score (nSPS) is 17.0. The van der Waals surface area contributed by atoms with Gasteiger partial charge in [0.1, 0.15) is 7.28 Å². The molecular formula is C9H17BNO. The Kier molecular flexibility index (Phi) is 6.81. The highest BCUT2D eigenvalue weighted by Crippen LogP contribution is 2.06. The summed E-state index contributed by atoms with van der Waals surface area (Å²) in [5.74, 6) is 5.42. The average molecular weight is 166 g/mol. The van der Waals surface area contributed by atoms with E-state index in [-0.39, 0.29) is 6.00 Å². The highest BCUT2D eigenvalue weighted by Gasteiger charge is 2.11. The van der Waals surface area contributed by atoms with Crippen molar-refractivity contribution in [3.8, 4) is 0 Å². The van der Waals surface area contributed by atoms with Crippen LogP contribution in [-0.4, -0.2) is 13.3 Å². The van der Waals surface area contributed by atoms with Gasteiger partial charge < -0.3 is 4.84 Å². The molecule has 2 N–H and O–H groups in total. The molecule has 1 radical (unpaired) electrons. The Hall–Kier alpha value is -0.535. The largest absolute Gasteiger partial charge is 0.310 e. The first-order valence-corrected chi connectivity index (χ1v) is 4.20. The predicted octanol–water partition coefficient (Wildman–Crippen LogP) is 1.72. The van der Waals surface area contributed by atoms with Crippen molar-refractivity contribution in [2.75, 3.05) is 0 Å². The number of hydrogen-bond acceptors (Lipinski definition) is 2. The van der Waals surface area contributed by atoms with Gasteiger partial charge in [-0.25, -0.2) is 5.90 Å². The summed E-state index contributed by atoms with van der Waals surface area (Å²) in [5, 5.41) is 0. The third-order valence-corrected chi connectivity index (χ3v) is 1.72. The van der Waals surface area contributed by atoms with E-state index in [0.29, 0.717) is 5.92 Å². The summed E-state index contributed by atoms with van der Waals surface area (Å²) in [7, 11) is 1.95. The molecule has 0 aliphatic rings. The fraction of sp³-hybridized carbons (Fsp3) is 0.556. The lowest BCUT2D eigenvalue weighted by Crippen LogP contribution is -2.28. The molecule has 1 unspecified atom stereocenters. The topological polar surface area (TPSA) is 35.2 Å². The lowest BCUT2D eigenvalue weighted by molar-refractivity contribution is 0.0844. The van der Waals surface area contributed by atoms with E-state index < -0.39 is 0 Å². The Bertz CT molecular complexity index is 153. The first-order valence-electron chi connectivity index (χ1n) is 4.20. The molecule has 0 aromatic heterocycles. The van der Waals surface area contributed by atoms with Gasteiger partial charge in [-0.05, 0) is 12.8 Å². The highest BCUT2D eigenvalue weighted by atomic mass is 16.6. The van der Waals surface area contributed by atoms with Gasteiger partial charge in [0.25, 0.3) is 0 Å². The fourth-order valence-electron chi connectivity index (χ4n) is 0.966. The minimum Gasteiger partial charge on any atom is -0.310 e. The molecule has 0 fully saturated rings. The van der Waals surface area contributed by atoms with Gasteiger partial charge in [-0.3, -0.25) is 0 Å². The van der Waals surface area contributed by atoms with E-state index in [1.54, 1.807) is 0 Å². The van der Waals surface area contributed by atoms with Crippen LogP contribution >= 0.6 is 0 Å². The zero-order chi connectivity index (χ0) is 9.40. The summed E-state index contributed by atoms with van der Waals surface area (Å²) in [6, 6.07) is 0.00602. The summed E-state index contributed by atoms with van der Waals surface area (Å²) in [6.07, 6.45) is 8.04. The maximum absolute atomic E-state index is 5.11. The van der Waals surface area contributed by atoms with Gasteiger partial charge in [-0.1, -0.05) is 38.1 Å². The predicted molar refractivity (Wildman–Crippen MR) is 53.8 cm³/mol. The van der Waals surface area contributed by atoms with E-state index in [1.807, 2.05) is 39.3 Å². The van der Waals surface area contributed by atoms with Crippen molar-refractivity contribution in [1.82, 2.24) is 0 Å². The second-order valence-corrected chi connectivity index (χ2v) is 2.70. The van der Waals surface area contributed by atoms with E-state index >= 15 is 0 Å². The fourth-order valence-corrected chi connectivity index (χ4v) is 0.966. The summed E-state index contributed by atoms with van der Waals surface area (Å²) < 4.78 is 0. The molecule has 0 aromatic carbocycles. The number of hydrogen-bond donors (Lipinski definition) is 1. The van der Waals surface area contributed by atoms with Gasteiger partial charge in [0, 0.05) is 0 Å². The molecule has 0 aliphatic carbocycles. The molecule has 0 saturated heterocycles. The van der Waals surface area contributed by atoms with Crippen molar-refractivity contribution >= 4 is 7.28 Å². The average Bonchev–Trinajstić information content (AvgIpc) is 2.07. The molecule has 0 aromatic rings. The zero-order valence-electron chi connectivity index (χ0n) is 8.03. The number of nitrogens with two attached hydrogens (primary N) is 1. The van der Waals surface area contributed by atoms with Crippen LogP contribution in [0.5, 0.6) is 0 Å². The minimum absolute atomic E-state index is 0.00602. The molecular weight excluding hydrogens is 149 g/mol. The van der Waals surface area contributed by atoms with Crippen molar-refractivity contribution in [2.24, 2.45) is 11.8 Å². The van der Waals surface area contributed by atoms with E-state index in [2.05, 4.69) is 13.0 Å². The Morgan fingerprint density at radius 1 is 1.42 bits per heavy atom. The second kappa shape index (κ2) is 7.13. The van der Waals surface area contributed by atoms with E-state index in [1.165, 1.54) is 0 Å². The Labute approximate surface area is 75.7 Å². The standard InChI is InChI=1S/C9H17BNO/c1-4-5-6-7-8(2)9(10-3)12-11/h4-9H,11H2,1-3H3/b5-4-,7-6-/t8-,9?/m0/s1. The summed E-state index contributed by atoms with van der Waals surface area (Å²) in [6.45, 7) is 5.99. The van der Waals surface area contributed by atoms with E-state index in [4.69, 9.17) is 10.7 Å². The van der Waals surface area contributed by atoms with Crippen LogP contribution in [-0.2, 0) is 4.84 Å². The maximum Gasteiger partial charge on any atom is 0.149 e. The van der Waals surface area contributed by atoms with E-state index in [9.17, 15) is 0 Å². The van der Waals surface area contributed by atoms with Crippen molar-refractivity contribution in [2.45, 2.75) is 26.7 Å². The van der Waals surface area contributed by atoms with Crippen LogP contribution in [0.15, 0.2) is 24.3 Å². The molecule has 0 spiro atoms. The van der Waals surface area contributed by atoms with Crippen LogP contribution in [0.4, 0.5) is 0 Å². The lowest BCUT2D eigenvalue weighted by atomic mass is 9.69. The van der Waals surface area contributed by atoms with Crippen molar-refractivity contribution in [3.63, 3.8) is 0 Å². The number of allylic oxidation sites excluding steroid dienone is 3. The Morgan fingerprint density at radius 2 is 2.08 bits per heavy atom. The molecule has 0 amide bonds. The molecule has 0 aliphatic heterocycles. The molecule has 67 valence electrons. The summed E-state index contributed by atoms with van der Waals surface area (Å²) in [4.78, 5) is 4.76. The first kappa shape index (κ1) is 11.5. The molecule has 2 nitrogen and oxygen atoms in total. The third kappa shape index (κ3) is 4.37. The van der Waals surface area contributed by atoms with Crippen LogP contribution in [0, 0.1) is 5.92 Å². The molecule has 12 heavy (non-hydrogen) atoms. The van der Waals surface area contributed by atoms with Gasteiger partial charge in [-0.15, -0.1) is 0 Å². The molecule has 0 saturated carbocycles. The Morgan fingerprint density at radius 3 is 2.50 bits per heavy atom. The molecule has 3 heteroatoms. The third-order valence-electron chi connectivity index (χ3n) is 1.72. The van der Waals surface area contributed by atoms with Crippen LogP contribution in [0.3, 0.4) is 0 Å². The molecule has 2 atom stereocenters. The summed E-state index contributed by atoms with van der Waals surface area (Å²) in [5.41, 5.74) is 0. The molecule has 0 heterocycles. The van der Waals surface area contributed by atoms with Crippen LogP contribution < -0.4 is 5.90 Å². The highest BCUT2D eigenvalue weighted by molar-refractivity contribution is 6.35. The van der Waals surface area contributed by atoms with Gasteiger partial charge in [0.15, 0.2) is 0 Å². The quantitative estimate of drug-likeness (QED) is 0.383. The van der Waals surface area contributed by atoms with Crippen LogP contribution in [0.2, 0.25) is 6.82 Å². The maximum atomic E-state index is 5.11. The SMILES string of the molecule is C[B]C(ON)[C@@H](C)/C=C\C=C/C. The van der Waals surface area contributed by atoms with Crippen molar-refractivity contribution < 1.29 is 4.84 Å². The Balaban J connectivity index is 3.90. The zero-order valence-corrected chi connectivity index (χ0v) is 8.03.